The number of fused-ring (bicyclic) bond motifs is 1. The summed E-state index contributed by atoms with van der Waals surface area (Å²) in [6.07, 6.45) is 7.70. The summed E-state index contributed by atoms with van der Waals surface area (Å²) >= 11 is 1.48. The molecule has 1 aromatic carbocycles. The van der Waals surface area contributed by atoms with E-state index in [9.17, 15) is 18.0 Å². The largest absolute Gasteiger partial charge is 0.279 e. The molecule has 0 radical (unpaired) electrons. The minimum atomic E-state index is -3.77. The van der Waals surface area contributed by atoms with E-state index in [1.54, 1.807) is 18.2 Å². The van der Waals surface area contributed by atoms with Crippen LogP contribution < -0.4 is 10.9 Å². The van der Waals surface area contributed by atoms with E-state index in [1.807, 2.05) is 6.07 Å². The van der Waals surface area contributed by atoms with Crippen LogP contribution in [0.2, 0.25) is 0 Å². The molecule has 2 amide bonds. The van der Waals surface area contributed by atoms with E-state index in [0.29, 0.717) is 17.7 Å². The first-order chi connectivity index (χ1) is 15.0. The lowest BCUT2D eigenvalue weighted by molar-refractivity contribution is -0.125. The number of nitrogens with zero attached hydrogens (tertiary/aromatic N) is 1. The van der Waals surface area contributed by atoms with E-state index in [-0.39, 0.29) is 17.3 Å². The molecule has 1 saturated heterocycles. The number of hydrogen-bond donors (Lipinski definition) is 2. The second-order valence-corrected chi connectivity index (χ2v) is 11.0. The van der Waals surface area contributed by atoms with Gasteiger partial charge in [-0.05, 0) is 62.3 Å². The summed E-state index contributed by atoms with van der Waals surface area (Å²) in [6.45, 7) is 0.279. The first kappa shape index (κ1) is 22.0. The minimum Gasteiger partial charge on any atom is -0.271 e. The molecule has 0 saturated carbocycles. The Morgan fingerprint density at radius 3 is 2.48 bits per heavy atom. The fourth-order valence-corrected chi connectivity index (χ4v) is 7.06. The van der Waals surface area contributed by atoms with Crippen molar-refractivity contribution in [2.45, 2.75) is 62.3 Å². The quantitative estimate of drug-likeness (QED) is 0.684. The maximum Gasteiger partial charge on any atom is 0.279 e. The minimum absolute atomic E-state index is 0.162. The molecule has 2 aliphatic rings. The average molecular weight is 462 g/mol. The molecule has 1 atom stereocenters. The number of sulfonamides is 1. The number of carbonyl (C=O) groups is 2. The summed E-state index contributed by atoms with van der Waals surface area (Å²) in [5.74, 6) is -0.874. The molecule has 9 heteroatoms. The SMILES string of the molecule is O=C(NNC(=O)C1CCCN1S(=O)(=O)c1ccccc1)c1cc2c(s1)CCCCCC2. The fourth-order valence-electron chi connectivity index (χ4n) is 4.24. The third-order valence-electron chi connectivity index (χ3n) is 5.88. The molecule has 1 unspecified atom stereocenters. The highest BCUT2D eigenvalue weighted by atomic mass is 32.2. The van der Waals surface area contributed by atoms with Crippen LogP contribution in [-0.4, -0.2) is 37.1 Å². The first-order valence-corrected chi connectivity index (χ1v) is 13.0. The van der Waals surface area contributed by atoms with E-state index in [1.165, 1.54) is 51.1 Å². The molecule has 0 bridgehead atoms. The van der Waals surface area contributed by atoms with Gasteiger partial charge in [0.2, 0.25) is 10.0 Å². The van der Waals surface area contributed by atoms with Gasteiger partial charge in [-0.2, -0.15) is 4.31 Å². The molecule has 2 N–H and O–H groups in total. The van der Waals surface area contributed by atoms with E-state index < -0.39 is 22.0 Å². The predicted octanol–water partition coefficient (Wildman–Crippen LogP) is 3.02. The van der Waals surface area contributed by atoms with Crippen LogP contribution >= 0.6 is 11.3 Å². The standard InChI is InChI=1S/C22H27N3O4S2/c26-21(18-12-8-14-25(18)31(28,29)17-10-5-3-6-11-17)23-24-22(27)20-15-16-9-4-1-2-7-13-19(16)30-20/h3,5-6,10-11,15,18H,1-2,4,7-9,12-14H2,(H,23,26)(H,24,27). The topological polar surface area (TPSA) is 95.6 Å². The lowest BCUT2D eigenvalue weighted by Gasteiger charge is -2.23. The Kier molecular flexibility index (Phi) is 6.74. The molecule has 1 aliphatic carbocycles. The van der Waals surface area contributed by atoms with Crippen molar-refractivity contribution in [1.29, 1.82) is 0 Å². The number of carbonyl (C=O) groups excluding carboxylic acids is 2. The summed E-state index contributed by atoms with van der Waals surface area (Å²) < 4.78 is 27.1. The first-order valence-electron chi connectivity index (χ1n) is 10.8. The zero-order valence-electron chi connectivity index (χ0n) is 17.3. The van der Waals surface area contributed by atoms with Crippen LogP contribution in [0.3, 0.4) is 0 Å². The maximum absolute atomic E-state index is 12.9. The Hall–Kier alpha value is -2.23. The van der Waals surface area contributed by atoms with Gasteiger partial charge in [-0.3, -0.25) is 20.4 Å². The fraction of sp³-hybridized carbons (Fsp3) is 0.455. The third-order valence-corrected chi connectivity index (χ3v) is 9.03. The van der Waals surface area contributed by atoms with Gasteiger partial charge in [-0.15, -0.1) is 11.3 Å². The predicted molar refractivity (Wildman–Crippen MR) is 119 cm³/mol. The number of nitrogens with one attached hydrogen (secondary N) is 2. The van der Waals surface area contributed by atoms with E-state index >= 15 is 0 Å². The summed E-state index contributed by atoms with van der Waals surface area (Å²) in [5.41, 5.74) is 6.16. The van der Waals surface area contributed by atoms with Crippen LogP contribution in [0.25, 0.3) is 0 Å². The maximum atomic E-state index is 12.9. The van der Waals surface area contributed by atoms with Crippen LogP contribution in [0.15, 0.2) is 41.3 Å². The molecular formula is C22H27N3O4S2. The van der Waals surface area contributed by atoms with Crippen LogP contribution in [0.1, 0.15) is 58.6 Å². The van der Waals surface area contributed by atoms with Gasteiger partial charge in [0.15, 0.2) is 0 Å². The number of aryl methyl sites for hydroxylation is 2. The van der Waals surface area contributed by atoms with Crippen molar-refractivity contribution in [1.82, 2.24) is 15.2 Å². The van der Waals surface area contributed by atoms with Gasteiger partial charge in [0.1, 0.15) is 6.04 Å². The van der Waals surface area contributed by atoms with Crippen LogP contribution in [0.5, 0.6) is 0 Å². The highest BCUT2D eigenvalue weighted by Crippen LogP contribution is 2.29. The molecule has 2 aromatic rings. The zero-order valence-corrected chi connectivity index (χ0v) is 18.9. The Balaban J connectivity index is 1.40. The normalized spacial score (nSPS) is 19.8. The number of hydrazine groups is 1. The van der Waals surface area contributed by atoms with Crippen molar-refractivity contribution < 1.29 is 18.0 Å². The summed E-state index contributed by atoms with van der Waals surface area (Å²) in [4.78, 5) is 27.3. The Labute approximate surface area is 186 Å². The number of thiophene rings is 1. The van der Waals surface area contributed by atoms with Crippen LogP contribution in [0.4, 0.5) is 0 Å². The van der Waals surface area contributed by atoms with Crippen molar-refractivity contribution >= 4 is 33.2 Å². The second-order valence-electron chi connectivity index (χ2n) is 8.00. The average Bonchev–Trinajstić information content (AvgIpc) is 3.40. The van der Waals surface area contributed by atoms with Crippen LogP contribution in [-0.2, 0) is 27.7 Å². The molecule has 1 aliphatic heterocycles. The number of hydrogen-bond acceptors (Lipinski definition) is 5. The Morgan fingerprint density at radius 1 is 0.968 bits per heavy atom. The third kappa shape index (κ3) is 4.83. The summed E-state index contributed by atoms with van der Waals surface area (Å²) in [7, 11) is -3.77. The number of rotatable bonds is 4. The summed E-state index contributed by atoms with van der Waals surface area (Å²) in [6, 6.07) is 9.18. The van der Waals surface area contributed by atoms with Crippen molar-refractivity contribution in [2.24, 2.45) is 0 Å². The van der Waals surface area contributed by atoms with Crippen molar-refractivity contribution in [2.75, 3.05) is 6.54 Å². The monoisotopic (exact) mass is 461 g/mol. The van der Waals surface area contributed by atoms with Crippen molar-refractivity contribution in [3.05, 3.63) is 51.7 Å². The zero-order chi connectivity index (χ0) is 21.8. The number of benzene rings is 1. The molecule has 166 valence electrons. The van der Waals surface area contributed by atoms with Gasteiger partial charge in [-0.25, -0.2) is 8.42 Å². The van der Waals surface area contributed by atoms with Crippen LogP contribution in [0, 0.1) is 0 Å². The van der Waals surface area contributed by atoms with Gasteiger partial charge < -0.3 is 0 Å². The molecule has 31 heavy (non-hydrogen) atoms. The molecule has 7 nitrogen and oxygen atoms in total. The summed E-state index contributed by atoms with van der Waals surface area (Å²) in [5, 5.41) is 0. The highest BCUT2D eigenvalue weighted by Gasteiger charge is 2.39. The highest BCUT2D eigenvalue weighted by molar-refractivity contribution is 7.89. The molecule has 2 heterocycles. The molecular weight excluding hydrogens is 434 g/mol. The molecule has 4 rings (SSSR count). The van der Waals surface area contributed by atoms with E-state index in [2.05, 4.69) is 10.9 Å². The van der Waals surface area contributed by atoms with Gasteiger partial charge in [0.05, 0.1) is 9.77 Å². The van der Waals surface area contributed by atoms with Gasteiger partial charge in [-0.1, -0.05) is 31.0 Å². The smallest absolute Gasteiger partial charge is 0.271 e. The van der Waals surface area contributed by atoms with E-state index in [0.717, 1.165) is 25.7 Å². The lowest BCUT2D eigenvalue weighted by Crippen LogP contribution is -2.51. The van der Waals surface area contributed by atoms with Gasteiger partial charge in [0, 0.05) is 11.4 Å². The molecule has 1 fully saturated rings. The van der Waals surface area contributed by atoms with Gasteiger partial charge >= 0.3 is 0 Å². The van der Waals surface area contributed by atoms with Crippen molar-refractivity contribution in [3.63, 3.8) is 0 Å². The van der Waals surface area contributed by atoms with Crippen molar-refractivity contribution in [3.8, 4) is 0 Å². The number of amides is 2. The Bertz CT molecular complexity index is 1020. The molecule has 0 spiro atoms. The second kappa shape index (κ2) is 9.50. The lowest BCUT2D eigenvalue weighted by atomic mass is 10.00. The Morgan fingerprint density at radius 2 is 1.71 bits per heavy atom. The molecule has 1 aromatic heterocycles. The van der Waals surface area contributed by atoms with Gasteiger partial charge in [0.25, 0.3) is 11.8 Å². The van der Waals surface area contributed by atoms with E-state index in [4.69, 9.17) is 0 Å².